The maximum absolute atomic E-state index is 14.0. The van der Waals surface area contributed by atoms with Crippen molar-refractivity contribution in [2.75, 3.05) is 39.3 Å². The number of unbranched alkanes of at least 4 members (excludes halogenated alkanes) is 2. The van der Waals surface area contributed by atoms with Crippen LogP contribution in [0.5, 0.6) is 23.0 Å². The van der Waals surface area contributed by atoms with E-state index in [0.717, 1.165) is 28.0 Å². The molecule has 5 aliphatic heterocycles. The van der Waals surface area contributed by atoms with Crippen LogP contribution in [0.1, 0.15) is 98.9 Å². The second-order valence-electron chi connectivity index (χ2n) is 18.8. The average molecular weight is 997 g/mol. The van der Waals surface area contributed by atoms with Gasteiger partial charge < -0.3 is 44.7 Å². The molecule has 19 nitrogen and oxygen atoms in total. The lowest BCUT2D eigenvalue weighted by Crippen LogP contribution is -2.53. The van der Waals surface area contributed by atoms with E-state index in [2.05, 4.69) is 20.9 Å². The third-order valence-electron chi connectivity index (χ3n) is 13.1. The topological polar surface area (TPSA) is 227 Å². The Morgan fingerprint density at radius 3 is 1.84 bits per heavy atom. The SMILES string of the molecule is COc1cc2c(cc1OCCCOc1cc3c(cc1OC)C(=O)N1C=C(c4ccc(NC(=O)C(C)NC(=O)[C@@H](NC(=O)CCCCCN5C(=O)C=CC5=O)C(C)C)cc4)C[C@H]1C=N3)N=C[C@@H]1CC(C)=CN1C2=O. The zero-order chi connectivity index (χ0) is 51.9. The third-order valence-corrected chi connectivity index (χ3v) is 13.1. The van der Waals surface area contributed by atoms with Crippen molar-refractivity contribution in [1.82, 2.24) is 25.3 Å². The molecule has 0 radical (unpaired) electrons. The highest BCUT2D eigenvalue weighted by molar-refractivity contribution is 6.13. The summed E-state index contributed by atoms with van der Waals surface area (Å²) < 4.78 is 23.5. The highest BCUT2D eigenvalue weighted by Crippen LogP contribution is 2.41. The Balaban J connectivity index is 0.802. The molecule has 0 aliphatic carbocycles. The predicted molar refractivity (Wildman–Crippen MR) is 273 cm³/mol. The summed E-state index contributed by atoms with van der Waals surface area (Å²) in [6.07, 6.45) is 13.3. The van der Waals surface area contributed by atoms with Crippen molar-refractivity contribution < 1.29 is 52.5 Å². The van der Waals surface area contributed by atoms with Crippen LogP contribution < -0.4 is 34.9 Å². The molecule has 3 aromatic carbocycles. The minimum atomic E-state index is -0.920. The molecule has 0 saturated carbocycles. The standard InChI is InChI=1S/C54H60N8O11/c1-31(2)50(59-47(63)11-8-7-9-18-60-48(64)16-17-49(60)65)52(67)57-33(4)51(66)58-36-14-12-34(13-15-36)35-22-38-28-56-42-26-46(44(71-6)24-40(42)54(69)62(38)30-35)73-20-10-19-72-45-25-41-39(23-43(45)70-5)53(68)61-29-32(3)21-37(61)27-55-41/h12-17,23-31,33,37-38,50H,7-11,18-22H2,1-6H3,(H,57,67)(H,58,66)(H,59,63)/t33?,37-,38-,50-/m0/s1. The van der Waals surface area contributed by atoms with E-state index in [9.17, 15) is 33.6 Å². The van der Waals surface area contributed by atoms with Crippen molar-refractivity contribution >= 4 is 76.4 Å². The third kappa shape index (κ3) is 11.7. The first-order valence-corrected chi connectivity index (χ1v) is 24.5. The minimum Gasteiger partial charge on any atom is -0.493 e. The summed E-state index contributed by atoms with van der Waals surface area (Å²) >= 11 is 0. The molecule has 8 rings (SSSR count). The highest BCUT2D eigenvalue weighted by atomic mass is 16.5. The average Bonchev–Trinajstić information content (AvgIpc) is 4.03. The number of aliphatic imine (C=N–C) groups is 2. The van der Waals surface area contributed by atoms with Gasteiger partial charge in [-0.2, -0.15) is 0 Å². The number of amides is 7. The Labute approximate surface area is 423 Å². The van der Waals surface area contributed by atoms with Crippen LogP contribution in [-0.4, -0.2) is 127 Å². The Morgan fingerprint density at radius 1 is 0.685 bits per heavy atom. The molecule has 1 unspecified atom stereocenters. The summed E-state index contributed by atoms with van der Waals surface area (Å²) in [6.45, 7) is 7.98. The number of nitrogens with zero attached hydrogens (tertiary/aromatic N) is 5. The van der Waals surface area contributed by atoms with Crippen LogP contribution in [0.2, 0.25) is 0 Å². The lowest BCUT2D eigenvalue weighted by molar-refractivity contribution is -0.137. The first-order chi connectivity index (χ1) is 35.1. The molecule has 19 heteroatoms. The summed E-state index contributed by atoms with van der Waals surface area (Å²) in [7, 11) is 3.03. The second kappa shape index (κ2) is 22.5. The molecule has 7 amide bonds. The molecule has 5 aliphatic rings. The molecule has 3 N–H and O–H groups in total. The Kier molecular flexibility index (Phi) is 15.8. The molecule has 5 heterocycles. The highest BCUT2D eigenvalue weighted by Gasteiger charge is 2.35. The summed E-state index contributed by atoms with van der Waals surface area (Å²) in [5, 5.41) is 8.33. The van der Waals surface area contributed by atoms with Crippen molar-refractivity contribution in [1.29, 1.82) is 0 Å². The van der Waals surface area contributed by atoms with Gasteiger partial charge in [0, 0.05) is 80.6 Å². The normalized spacial score (nSPS) is 18.3. The number of benzene rings is 3. The van der Waals surface area contributed by atoms with Gasteiger partial charge in [-0.1, -0.05) is 38.0 Å². The van der Waals surface area contributed by atoms with E-state index in [1.54, 1.807) is 79.4 Å². The molecule has 0 saturated heterocycles. The Bertz CT molecular complexity index is 2830. The van der Waals surface area contributed by atoms with Gasteiger partial charge in [0.2, 0.25) is 17.7 Å². The van der Waals surface area contributed by atoms with Gasteiger partial charge in [-0.05, 0) is 74.4 Å². The van der Waals surface area contributed by atoms with Crippen molar-refractivity contribution in [3.63, 3.8) is 0 Å². The van der Waals surface area contributed by atoms with Gasteiger partial charge in [-0.15, -0.1) is 0 Å². The van der Waals surface area contributed by atoms with E-state index in [1.807, 2.05) is 31.5 Å². The van der Waals surface area contributed by atoms with Crippen molar-refractivity contribution in [3.8, 4) is 23.0 Å². The lowest BCUT2D eigenvalue weighted by Gasteiger charge is -2.24. The fourth-order valence-electron chi connectivity index (χ4n) is 9.10. The quantitative estimate of drug-likeness (QED) is 0.0779. The smallest absolute Gasteiger partial charge is 0.260 e. The van der Waals surface area contributed by atoms with Crippen LogP contribution in [-0.2, 0) is 24.0 Å². The molecular weight excluding hydrogens is 937 g/mol. The molecule has 382 valence electrons. The molecule has 3 aromatic rings. The first kappa shape index (κ1) is 51.3. The van der Waals surface area contributed by atoms with Crippen molar-refractivity contribution in [3.05, 3.63) is 95.3 Å². The van der Waals surface area contributed by atoms with Gasteiger partial charge in [0.05, 0.1) is 62.0 Å². The fraction of sp³-hybridized carbons (Fsp3) is 0.389. The van der Waals surface area contributed by atoms with Crippen LogP contribution in [0.25, 0.3) is 5.57 Å². The number of methoxy groups -OCH3 is 2. The molecule has 0 fully saturated rings. The van der Waals surface area contributed by atoms with E-state index >= 15 is 0 Å². The van der Waals surface area contributed by atoms with Crippen LogP contribution in [0, 0.1) is 5.92 Å². The molecule has 0 aromatic heterocycles. The molecular formula is C54H60N8O11. The molecule has 73 heavy (non-hydrogen) atoms. The number of carbonyl (C=O) groups is 7. The number of rotatable bonds is 21. The Morgan fingerprint density at radius 2 is 1.26 bits per heavy atom. The minimum absolute atomic E-state index is 0.119. The Hall–Kier alpha value is -8.09. The maximum Gasteiger partial charge on any atom is 0.260 e. The van der Waals surface area contributed by atoms with E-state index in [-0.39, 0.29) is 73.7 Å². The van der Waals surface area contributed by atoms with Gasteiger partial charge in [0.1, 0.15) is 12.1 Å². The molecule has 0 spiro atoms. The van der Waals surface area contributed by atoms with Crippen molar-refractivity contribution in [2.45, 2.75) is 96.8 Å². The van der Waals surface area contributed by atoms with Crippen molar-refractivity contribution in [2.24, 2.45) is 15.9 Å². The number of nitrogens with one attached hydrogen (secondary N) is 3. The predicted octanol–water partition coefficient (Wildman–Crippen LogP) is 6.43. The van der Waals surface area contributed by atoms with Gasteiger partial charge >= 0.3 is 0 Å². The number of imide groups is 1. The number of hydrogen-bond acceptors (Lipinski definition) is 13. The zero-order valence-electron chi connectivity index (χ0n) is 41.8. The molecule has 0 bridgehead atoms. The van der Waals surface area contributed by atoms with Gasteiger partial charge in [-0.3, -0.25) is 48.4 Å². The first-order valence-electron chi connectivity index (χ1n) is 24.5. The summed E-state index contributed by atoms with van der Waals surface area (Å²) in [4.78, 5) is 104. The fourth-order valence-corrected chi connectivity index (χ4v) is 9.10. The largest absolute Gasteiger partial charge is 0.493 e. The summed E-state index contributed by atoms with van der Waals surface area (Å²) in [5.41, 5.74) is 5.12. The number of ether oxygens (including phenoxy) is 4. The van der Waals surface area contributed by atoms with E-state index in [1.165, 1.54) is 26.4 Å². The number of anilines is 1. The van der Waals surface area contributed by atoms with Crippen LogP contribution in [0.15, 0.2) is 88.6 Å². The summed E-state index contributed by atoms with van der Waals surface area (Å²) in [5.74, 6) is -0.900. The number of fused-ring (bicyclic) bond motifs is 4. The van der Waals surface area contributed by atoms with E-state index in [0.29, 0.717) is 83.3 Å². The zero-order valence-corrected chi connectivity index (χ0v) is 41.8. The van der Waals surface area contributed by atoms with Gasteiger partial charge in [0.15, 0.2) is 23.0 Å². The summed E-state index contributed by atoms with van der Waals surface area (Å²) in [6, 6.07) is 11.6. The monoisotopic (exact) mass is 996 g/mol. The molecule has 4 atom stereocenters. The van der Waals surface area contributed by atoms with Crippen LogP contribution in [0.4, 0.5) is 17.1 Å². The second-order valence-corrected chi connectivity index (χ2v) is 18.8. The maximum atomic E-state index is 14.0. The number of hydrogen-bond donors (Lipinski definition) is 3. The lowest BCUT2D eigenvalue weighted by atomic mass is 10.0. The van der Waals surface area contributed by atoms with Crippen LogP contribution >= 0.6 is 0 Å². The number of carbonyl (C=O) groups excluding carboxylic acids is 7. The van der Waals surface area contributed by atoms with E-state index < -0.39 is 23.9 Å². The van der Waals surface area contributed by atoms with Gasteiger partial charge in [0.25, 0.3) is 23.6 Å². The van der Waals surface area contributed by atoms with Crippen LogP contribution in [0.3, 0.4) is 0 Å². The van der Waals surface area contributed by atoms with E-state index in [4.69, 9.17) is 23.9 Å². The van der Waals surface area contributed by atoms with Gasteiger partial charge in [-0.25, -0.2) is 0 Å².